The number of rotatable bonds is 5. The van der Waals surface area contributed by atoms with Crippen LogP contribution in [0, 0.1) is 13.8 Å². The Kier molecular flexibility index (Phi) is 5.29. The number of carbonyl (C=O) groups is 1. The Hall–Kier alpha value is -3.77. The van der Waals surface area contributed by atoms with Gasteiger partial charge in [-0.15, -0.1) is 11.3 Å². The van der Waals surface area contributed by atoms with Crippen LogP contribution in [0.3, 0.4) is 0 Å². The number of carbonyl (C=O) groups excluding carboxylic acids is 1. The van der Waals surface area contributed by atoms with Crippen molar-refractivity contribution in [1.82, 2.24) is 10.1 Å². The van der Waals surface area contributed by atoms with Crippen LogP contribution in [-0.2, 0) is 11.2 Å². The molecule has 2 aromatic heterocycles. The number of hydrogen-bond acceptors (Lipinski definition) is 5. The van der Waals surface area contributed by atoms with E-state index in [2.05, 4.69) is 34.9 Å². The lowest BCUT2D eigenvalue weighted by atomic mass is 10.1. The van der Waals surface area contributed by atoms with Gasteiger partial charge in [-0.1, -0.05) is 53.2 Å². The van der Waals surface area contributed by atoms with Gasteiger partial charge in [-0.2, -0.15) is 0 Å². The maximum atomic E-state index is 12.6. The molecule has 5 nitrogen and oxygen atoms in total. The third-order valence-electron chi connectivity index (χ3n) is 5.37. The molecule has 5 rings (SSSR count). The van der Waals surface area contributed by atoms with Gasteiger partial charge in [-0.25, -0.2) is 4.98 Å². The van der Waals surface area contributed by atoms with Crippen LogP contribution in [0.1, 0.15) is 16.8 Å². The number of nitrogens with zero attached hydrogens (tertiary/aromatic N) is 2. The fourth-order valence-electron chi connectivity index (χ4n) is 3.65. The van der Waals surface area contributed by atoms with Crippen LogP contribution < -0.4 is 5.32 Å². The molecule has 0 aliphatic heterocycles. The van der Waals surface area contributed by atoms with Crippen LogP contribution in [-0.4, -0.2) is 16.0 Å². The van der Waals surface area contributed by atoms with Gasteiger partial charge in [0.1, 0.15) is 10.7 Å². The maximum Gasteiger partial charge on any atom is 0.230 e. The molecule has 0 aliphatic rings. The number of nitrogens with one attached hydrogen (secondary N) is 1. The second-order valence-corrected chi connectivity index (χ2v) is 8.64. The summed E-state index contributed by atoms with van der Waals surface area (Å²) in [7, 11) is 0. The van der Waals surface area contributed by atoms with Crippen molar-refractivity contribution < 1.29 is 9.32 Å². The van der Waals surface area contributed by atoms with Gasteiger partial charge >= 0.3 is 0 Å². The minimum absolute atomic E-state index is 0.134. The lowest BCUT2D eigenvalue weighted by molar-refractivity contribution is -0.115. The van der Waals surface area contributed by atoms with Crippen molar-refractivity contribution in [1.29, 1.82) is 0 Å². The molecule has 1 N–H and O–H groups in total. The van der Waals surface area contributed by atoms with Gasteiger partial charge in [-0.05, 0) is 43.7 Å². The first-order valence-corrected chi connectivity index (χ1v) is 11.2. The van der Waals surface area contributed by atoms with Crippen molar-refractivity contribution in [3.63, 3.8) is 0 Å². The lowest BCUT2D eigenvalue weighted by Gasteiger charge is -2.05. The largest absolute Gasteiger partial charge is 0.356 e. The fourth-order valence-corrected chi connectivity index (χ4v) is 4.57. The molecular weight excluding hydrogens is 418 g/mol. The molecule has 32 heavy (non-hydrogen) atoms. The van der Waals surface area contributed by atoms with E-state index in [1.54, 1.807) is 11.3 Å². The number of anilines is 1. The molecule has 2 heterocycles. The first-order chi connectivity index (χ1) is 15.6. The smallest absolute Gasteiger partial charge is 0.230 e. The second-order valence-electron chi connectivity index (χ2n) is 7.78. The standard InChI is InChI=1S/C26H21N3O2S/c1-16-7-12-24-21(13-16)22(29-31-24)14-25(30)27-19-10-8-18(9-11-19)23-15-32-26(28-23)20-6-4-3-5-17(20)2/h3-13,15H,14H2,1-2H3,(H,27,30). The Balaban J connectivity index is 1.28. The summed E-state index contributed by atoms with van der Waals surface area (Å²) in [4.78, 5) is 17.4. The Morgan fingerprint density at radius 2 is 1.84 bits per heavy atom. The fraction of sp³-hybridized carbons (Fsp3) is 0.115. The van der Waals surface area contributed by atoms with Gasteiger partial charge in [-0.3, -0.25) is 4.79 Å². The summed E-state index contributed by atoms with van der Waals surface area (Å²) in [5.41, 5.74) is 7.47. The number of benzene rings is 3. The Morgan fingerprint density at radius 1 is 1.03 bits per heavy atom. The number of aryl methyl sites for hydroxylation is 2. The van der Waals surface area contributed by atoms with Crippen LogP contribution in [0.25, 0.3) is 32.8 Å². The summed E-state index contributed by atoms with van der Waals surface area (Å²) >= 11 is 1.63. The average molecular weight is 440 g/mol. The molecule has 158 valence electrons. The third kappa shape index (κ3) is 4.05. The summed E-state index contributed by atoms with van der Waals surface area (Å²) in [5.74, 6) is -0.134. The SMILES string of the molecule is Cc1ccc2onc(CC(=O)Nc3ccc(-c4csc(-c5ccccc5C)n4)cc3)c2c1. The van der Waals surface area contributed by atoms with E-state index in [9.17, 15) is 4.79 Å². The molecule has 6 heteroatoms. The lowest BCUT2D eigenvalue weighted by Crippen LogP contribution is -2.14. The topological polar surface area (TPSA) is 68.0 Å². The van der Waals surface area contributed by atoms with Gasteiger partial charge in [0, 0.05) is 27.6 Å². The predicted octanol–water partition coefficient (Wildman–Crippen LogP) is 6.42. The van der Waals surface area contributed by atoms with E-state index < -0.39 is 0 Å². The van der Waals surface area contributed by atoms with Gasteiger partial charge < -0.3 is 9.84 Å². The number of thiazole rings is 1. The van der Waals surface area contributed by atoms with Crippen molar-refractivity contribution in [2.45, 2.75) is 20.3 Å². The van der Waals surface area contributed by atoms with E-state index in [1.165, 1.54) is 5.56 Å². The van der Waals surface area contributed by atoms with Crippen LogP contribution in [0.15, 0.2) is 76.6 Å². The molecule has 0 saturated heterocycles. The monoisotopic (exact) mass is 439 g/mol. The molecule has 0 saturated carbocycles. The van der Waals surface area contributed by atoms with Gasteiger partial charge in [0.2, 0.25) is 5.91 Å². The molecule has 0 fully saturated rings. The van der Waals surface area contributed by atoms with Crippen LogP contribution >= 0.6 is 11.3 Å². The molecule has 1 amide bonds. The molecule has 0 bridgehead atoms. The molecule has 3 aromatic carbocycles. The Morgan fingerprint density at radius 3 is 2.66 bits per heavy atom. The van der Waals surface area contributed by atoms with Gasteiger partial charge in [0.05, 0.1) is 12.1 Å². The molecule has 0 spiro atoms. The van der Waals surface area contributed by atoms with Crippen molar-refractivity contribution in [3.8, 4) is 21.8 Å². The van der Waals surface area contributed by atoms with Crippen molar-refractivity contribution in [2.24, 2.45) is 0 Å². The Labute approximate surface area is 189 Å². The molecule has 0 radical (unpaired) electrons. The van der Waals surface area contributed by atoms with Gasteiger partial charge in [0.15, 0.2) is 5.58 Å². The zero-order valence-corrected chi connectivity index (χ0v) is 18.6. The summed E-state index contributed by atoms with van der Waals surface area (Å²) in [6, 6.07) is 21.8. The minimum atomic E-state index is -0.134. The van der Waals surface area contributed by atoms with Crippen molar-refractivity contribution >= 4 is 33.9 Å². The maximum absolute atomic E-state index is 12.6. The number of amides is 1. The number of aromatic nitrogens is 2. The highest BCUT2D eigenvalue weighted by atomic mass is 32.1. The first kappa shape index (κ1) is 20.2. The van der Waals surface area contributed by atoms with E-state index in [0.29, 0.717) is 11.3 Å². The predicted molar refractivity (Wildman–Crippen MR) is 129 cm³/mol. The van der Waals surface area contributed by atoms with Crippen molar-refractivity contribution in [3.05, 3.63) is 88.9 Å². The number of hydrogen-bond donors (Lipinski definition) is 1. The highest BCUT2D eigenvalue weighted by Crippen LogP contribution is 2.31. The molecule has 0 atom stereocenters. The molecule has 5 aromatic rings. The van der Waals surface area contributed by atoms with E-state index >= 15 is 0 Å². The zero-order chi connectivity index (χ0) is 22.1. The van der Waals surface area contributed by atoms with E-state index in [4.69, 9.17) is 9.51 Å². The third-order valence-corrected chi connectivity index (χ3v) is 6.25. The Bertz CT molecular complexity index is 1420. The minimum Gasteiger partial charge on any atom is -0.356 e. The highest BCUT2D eigenvalue weighted by Gasteiger charge is 2.13. The molecule has 0 unspecified atom stereocenters. The first-order valence-electron chi connectivity index (χ1n) is 10.3. The zero-order valence-electron chi connectivity index (χ0n) is 17.8. The van der Waals surface area contributed by atoms with Crippen LogP contribution in [0.4, 0.5) is 5.69 Å². The summed E-state index contributed by atoms with van der Waals surface area (Å²) in [6.07, 6.45) is 0.157. The summed E-state index contributed by atoms with van der Waals surface area (Å²) in [5, 5.41) is 10.9. The summed E-state index contributed by atoms with van der Waals surface area (Å²) in [6.45, 7) is 4.10. The summed E-state index contributed by atoms with van der Waals surface area (Å²) < 4.78 is 5.33. The molecule has 0 aliphatic carbocycles. The van der Waals surface area contributed by atoms with E-state index in [1.807, 2.05) is 61.5 Å². The van der Waals surface area contributed by atoms with Crippen LogP contribution in [0.5, 0.6) is 0 Å². The van der Waals surface area contributed by atoms with Crippen molar-refractivity contribution in [2.75, 3.05) is 5.32 Å². The quantitative estimate of drug-likeness (QED) is 0.343. The normalized spacial score (nSPS) is 11.1. The molecular formula is C26H21N3O2S. The van der Waals surface area contributed by atoms with E-state index in [-0.39, 0.29) is 12.3 Å². The van der Waals surface area contributed by atoms with Gasteiger partial charge in [0.25, 0.3) is 0 Å². The highest BCUT2D eigenvalue weighted by molar-refractivity contribution is 7.13. The van der Waals surface area contributed by atoms with E-state index in [0.717, 1.165) is 38.5 Å². The number of fused-ring (bicyclic) bond motifs is 1. The second kappa shape index (κ2) is 8.40. The average Bonchev–Trinajstić information content (AvgIpc) is 3.42. The van der Waals surface area contributed by atoms with Crippen LogP contribution in [0.2, 0.25) is 0 Å².